The summed E-state index contributed by atoms with van der Waals surface area (Å²) in [5, 5.41) is 2.83. The number of halogens is 1. The Kier molecular flexibility index (Phi) is 5.32. The van der Waals surface area contributed by atoms with Gasteiger partial charge in [-0.2, -0.15) is 11.8 Å². The smallest absolute Gasteiger partial charge is 0.251 e. The predicted octanol–water partition coefficient (Wildman–Crippen LogP) is 2.55. The molecule has 88 valence electrons. The Morgan fingerprint density at radius 3 is 2.62 bits per heavy atom. The van der Waals surface area contributed by atoms with E-state index in [1.807, 2.05) is 6.26 Å². The third-order valence-electron chi connectivity index (χ3n) is 2.17. The van der Waals surface area contributed by atoms with Crippen molar-refractivity contribution in [3.63, 3.8) is 0 Å². The highest BCUT2D eigenvalue weighted by atomic mass is 32.2. The van der Waals surface area contributed by atoms with E-state index >= 15 is 0 Å². The maximum atomic E-state index is 12.6. The molecule has 0 fully saturated rings. The van der Waals surface area contributed by atoms with Gasteiger partial charge in [0, 0.05) is 12.1 Å². The topological polar surface area (TPSA) is 29.1 Å². The van der Waals surface area contributed by atoms with Gasteiger partial charge in [-0.3, -0.25) is 4.79 Å². The first kappa shape index (κ1) is 13.0. The van der Waals surface area contributed by atoms with Crippen molar-refractivity contribution in [1.82, 2.24) is 5.32 Å². The van der Waals surface area contributed by atoms with Crippen LogP contribution in [0.2, 0.25) is 0 Å². The zero-order valence-electron chi connectivity index (χ0n) is 9.50. The summed E-state index contributed by atoms with van der Waals surface area (Å²) in [6.45, 7) is 2.73. The normalized spacial score (nSPS) is 12.2. The van der Waals surface area contributed by atoms with Crippen molar-refractivity contribution in [3.8, 4) is 0 Å². The van der Waals surface area contributed by atoms with Gasteiger partial charge in [0.2, 0.25) is 0 Å². The molecule has 0 spiro atoms. The summed E-state index contributed by atoms with van der Waals surface area (Å²) >= 11 is 1.76. The number of amides is 1. The lowest BCUT2D eigenvalue weighted by Crippen LogP contribution is -2.29. The first-order chi connectivity index (χ1) is 7.63. The van der Waals surface area contributed by atoms with E-state index in [4.69, 9.17) is 0 Å². The van der Waals surface area contributed by atoms with E-state index < -0.39 is 0 Å². The monoisotopic (exact) mass is 241 g/mol. The maximum Gasteiger partial charge on any atom is 0.251 e. The number of nitrogens with one attached hydrogen (secondary N) is 1. The van der Waals surface area contributed by atoms with Crippen LogP contribution in [-0.2, 0) is 0 Å². The second-order valence-corrected chi connectivity index (χ2v) is 4.69. The van der Waals surface area contributed by atoms with Crippen molar-refractivity contribution in [2.24, 2.45) is 5.92 Å². The van der Waals surface area contributed by atoms with E-state index in [1.165, 1.54) is 24.3 Å². The van der Waals surface area contributed by atoms with Crippen LogP contribution in [0.5, 0.6) is 0 Å². The summed E-state index contributed by atoms with van der Waals surface area (Å²) in [5.74, 6) is 0.989. The van der Waals surface area contributed by atoms with Gasteiger partial charge in [-0.1, -0.05) is 6.92 Å². The zero-order valence-corrected chi connectivity index (χ0v) is 10.3. The van der Waals surface area contributed by atoms with Gasteiger partial charge in [0.05, 0.1) is 0 Å². The highest BCUT2D eigenvalue weighted by Crippen LogP contribution is 2.05. The Labute approximate surface area is 99.6 Å². The average Bonchev–Trinajstić information content (AvgIpc) is 2.27. The van der Waals surface area contributed by atoms with Crippen molar-refractivity contribution >= 4 is 17.7 Å². The molecule has 1 aromatic carbocycles. The molecule has 0 bridgehead atoms. The molecule has 1 aromatic rings. The number of benzene rings is 1. The van der Waals surface area contributed by atoms with Crippen LogP contribution < -0.4 is 5.32 Å². The number of carbonyl (C=O) groups is 1. The molecule has 0 saturated carbocycles. The Hall–Kier alpha value is -1.03. The Morgan fingerprint density at radius 1 is 1.44 bits per heavy atom. The number of rotatable bonds is 5. The largest absolute Gasteiger partial charge is 0.352 e. The van der Waals surface area contributed by atoms with Gasteiger partial charge in [-0.05, 0) is 42.2 Å². The van der Waals surface area contributed by atoms with Gasteiger partial charge in [-0.25, -0.2) is 4.39 Å². The lowest BCUT2D eigenvalue weighted by molar-refractivity contribution is 0.0949. The van der Waals surface area contributed by atoms with Gasteiger partial charge in [0.15, 0.2) is 0 Å². The van der Waals surface area contributed by atoms with Crippen molar-refractivity contribution in [2.75, 3.05) is 18.6 Å². The molecule has 0 aliphatic heterocycles. The molecule has 1 atom stereocenters. The van der Waals surface area contributed by atoms with Gasteiger partial charge in [-0.15, -0.1) is 0 Å². The quantitative estimate of drug-likeness (QED) is 0.858. The van der Waals surface area contributed by atoms with Crippen molar-refractivity contribution < 1.29 is 9.18 Å². The van der Waals surface area contributed by atoms with E-state index in [2.05, 4.69) is 12.2 Å². The zero-order chi connectivity index (χ0) is 12.0. The molecule has 0 saturated heterocycles. The van der Waals surface area contributed by atoms with Crippen LogP contribution in [0.4, 0.5) is 4.39 Å². The summed E-state index contributed by atoms with van der Waals surface area (Å²) in [6, 6.07) is 5.56. The summed E-state index contributed by atoms with van der Waals surface area (Å²) in [5.41, 5.74) is 0.498. The minimum absolute atomic E-state index is 0.145. The molecule has 4 heteroatoms. The number of thioether (sulfide) groups is 1. The molecule has 2 nitrogen and oxygen atoms in total. The highest BCUT2D eigenvalue weighted by Gasteiger charge is 2.07. The van der Waals surface area contributed by atoms with E-state index in [0.29, 0.717) is 18.0 Å². The SMILES string of the molecule is CSCC(C)CNC(=O)c1ccc(F)cc1. The van der Waals surface area contributed by atoms with E-state index in [0.717, 1.165) is 5.75 Å². The van der Waals surface area contributed by atoms with Gasteiger partial charge in [0.1, 0.15) is 5.82 Å². The Bertz CT molecular complexity index is 339. The molecule has 0 heterocycles. The van der Waals surface area contributed by atoms with Gasteiger partial charge < -0.3 is 5.32 Å². The first-order valence-electron chi connectivity index (χ1n) is 5.16. The van der Waals surface area contributed by atoms with Gasteiger partial charge in [0.25, 0.3) is 5.91 Å². The second-order valence-electron chi connectivity index (χ2n) is 3.78. The first-order valence-corrected chi connectivity index (χ1v) is 6.55. The van der Waals surface area contributed by atoms with Crippen molar-refractivity contribution in [1.29, 1.82) is 0 Å². The van der Waals surface area contributed by atoms with Crippen LogP contribution in [0.1, 0.15) is 17.3 Å². The van der Waals surface area contributed by atoms with Crippen molar-refractivity contribution in [3.05, 3.63) is 35.6 Å². The third kappa shape index (κ3) is 4.23. The number of hydrogen-bond donors (Lipinski definition) is 1. The molecule has 1 unspecified atom stereocenters. The third-order valence-corrected chi connectivity index (χ3v) is 3.07. The Balaban J connectivity index is 2.43. The minimum atomic E-state index is -0.327. The van der Waals surface area contributed by atoms with Crippen LogP contribution in [0.15, 0.2) is 24.3 Å². The summed E-state index contributed by atoms with van der Waals surface area (Å²) < 4.78 is 12.6. The molecule has 1 rings (SSSR count). The van der Waals surface area contributed by atoms with E-state index in [9.17, 15) is 9.18 Å². The van der Waals surface area contributed by atoms with Crippen LogP contribution in [0.3, 0.4) is 0 Å². The Morgan fingerprint density at radius 2 is 2.06 bits per heavy atom. The molecule has 0 aliphatic carbocycles. The van der Waals surface area contributed by atoms with Gasteiger partial charge >= 0.3 is 0 Å². The van der Waals surface area contributed by atoms with E-state index in [1.54, 1.807) is 11.8 Å². The van der Waals surface area contributed by atoms with E-state index in [-0.39, 0.29) is 11.7 Å². The molecular formula is C12H16FNOS. The second kappa shape index (κ2) is 6.53. The predicted molar refractivity (Wildman–Crippen MR) is 66.3 cm³/mol. The lowest BCUT2D eigenvalue weighted by Gasteiger charge is -2.11. The molecular weight excluding hydrogens is 225 g/mol. The molecule has 1 N–H and O–H groups in total. The summed E-state index contributed by atoms with van der Waals surface area (Å²) in [4.78, 5) is 11.6. The molecule has 0 radical (unpaired) electrons. The van der Waals surface area contributed by atoms with Crippen molar-refractivity contribution in [2.45, 2.75) is 6.92 Å². The fourth-order valence-electron chi connectivity index (χ4n) is 1.31. The number of hydrogen-bond acceptors (Lipinski definition) is 2. The lowest BCUT2D eigenvalue weighted by atomic mass is 10.2. The fourth-order valence-corrected chi connectivity index (χ4v) is 2.00. The molecule has 0 aliphatic rings. The minimum Gasteiger partial charge on any atom is -0.352 e. The highest BCUT2D eigenvalue weighted by molar-refractivity contribution is 7.98. The average molecular weight is 241 g/mol. The summed E-state index contributed by atoms with van der Waals surface area (Å²) in [7, 11) is 0. The van der Waals surface area contributed by atoms with Crippen LogP contribution in [0.25, 0.3) is 0 Å². The molecule has 1 amide bonds. The molecule has 0 aromatic heterocycles. The van der Waals surface area contributed by atoms with Crippen LogP contribution in [0, 0.1) is 11.7 Å². The van der Waals surface area contributed by atoms with Crippen LogP contribution in [-0.4, -0.2) is 24.5 Å². The summed E-state index contributed by atoms with van der Waals surface area (Å²) in [6.07, 6.45) is 2.04. The molecule has 16 heavy (non-hydrogen) atoms. The van der Waals surface area contributed by atoms with Crippen LogP contribution >= 0.6 is 11.8 Å². The fraction of sp³-hybridized carbons (Fsp3) is 0.417. The standard InChI is InChI=1S/C12H16FNOS/c1-9(8-16-2)7-14-12(15)10-3-5-11(13)6-4-10/h3-6,9H,7-8H2,1-2H3,(H,14,15). The maximum absolute atomic E-state index is 12.6. The number of carbonyl (C=O) groups excluding carboxylic acids is 1.